The Hall–Kier alpha value is -2.13. The highest BCUT2D eigenvalue weighted by molar-refractivity contribution is 6.29. The molecule has 4 nitrogen and oxygen atoms in total. The largest absolute Gasteiger partial charge is 0.473 e. The number of hydrogen-bond acceptors (Lipinski definition) is 4. The monoisotopic (exact) mass is 375 g/mol. The van der Waals surface area contributed by atoms with Crippen LogP contribution in [0.5, 0.6) is 5.88 Å². The lowest BCUT2D eigenvalue weighted by Gasteiger charge is -2.21. The minimum Gasteiger partial charge on any atom is -0.473 e. The summed E-state index contributed by atoms with van der Waals surface area (Å²) in [6.45, 7) is 1.06. The molecule has 0 saturated carbocycles. The van der Waals surface area contributed by atoms with Crippen LogP contribution in [0.2, 0.25) is 5.15 Å². The lowest BCUT2D eigenvalue weighted by molar-refractivity contribution is -0.154. The number of halogens is 2. The van der Waals surface area contributed by atoms with E-state index in [0.717, 1.165) is 25.9 Å². The number of benzene rings is 1. The highest BCUT2D eigenvalue weighted by atomic mass is 35.5. The fourth-order valence-electron chi connectivity index (χ4n) is 2.48. The van der Waals surface area contributed by atoms with Gasteiger partial charge in [0.25, 0.3) is 0 Å². The van der Waals surface area contributed by atoms with Crippen molar-refractivity contribution in [1.29, 1.82) is 0 Å². The summed E-state index contributed by atoms with van der Waals surface area (Å²) in [6.07, 6.45) is 2.91. The first-order valence-electron chi connectivity index (χ1n) is 8.46. The molecule has 26 heavy (non-hydrogen) atoms. The van der Waals surface area contributed by atoms with Crippen molar-refractivity contribution < 1.29 is 18.6 Å². The third-order valence-corrected chi connectivity index (χ3v) is 4.04. The van der Waals surface area contributed by atoms with Crippen molar-refractivity contribution in [2.75, 3.05) is 13.2 Å². The van der Waals surface area contributed by atoms with Crippen molar-refractivity contribution in [1.82, 2.24) is 4.98 Å². The fourth-order valence-corrected chi connectivity index (χ4v) is 2.64. The van der Waals surface area contributed by atoms with Crippen LogP contribution in [0.3, 0.4) is 0 Å². The molecule has 1 aliphatic rings. The molecule has 1 aromatic heterocycles. The lowest BCUT2D eigenvalue weighted by atomic mass is 10.1. The Labute approximate surface area is 157 Å². The topological polar surface area (TPSA) is 40.6 Å². The molecule has 0 aliphatic carbocycles. The van der Waals surface area contributed by atoms with E-state index in [9.17, 15) is 4.39 Å². The average Bonchev–Trinajstić information content (AvgIpc) is 2.65. The minimum atomic E-state index is -0.379. The molecule has 6 heteroatoms. The third-order valence-electron chi connectivity index (χ3n) is 3.83. The first-order valence-corrected chi connectivity index (χ1v) is 8.84. The van der Waals surface area contributed by atoms with Gasteiger partial charge in [-0.15, -0.1) is 0 Å². The summed E-state index contributed by atoms with van der Waals surface area (Å²) < 4.78 is 30.6. The van der Waals surface area contributed by atoms with E-state index in [1.54, 1.807) is 30.3 Å². The zero-order valence-corrected chi connectivity index (χ0v) is 15.0. The summed E-state index contributed by atoms with van der Waals surface area (Å²) in [5, 5.41) is 0.328. The maximum absolute atomic E-state index is 14.2. The second-order valence-electron chi connectivity index (χ2n) is 5.80. The van der Waals surface area contributed by atoms with E-state index in [4.69, 9.17) is 25.8 Å². The normalized spacial score (nSPS) is 16.6. The van der Waals surface area contributed by atoms with Crippen LogP contribution < -0.4 is 4.74 Å². The molecule has 2 aromatic rings. The van der Waals surface area contributed by atoms with Gasteiger partial charge in [0.2, 0.25) is 5.88 Å². The first-order chi connectivity index (χ1) is 12.7. The number of nitrogens with zero attached hydrogens (tertiary/aromatic N) is 1. The summed E-state index contributed by atoms with van der Waals surface area (Å²) >= 11 is 5.79. The summed E-state index contributed by atoms with van der Waals surface area (Å²) in [6, 6.07) is 9.81. The Kier molecular flexibility index (Phi) is 6.84. The minimum absolute atomic E-state index is 0.0645. The SMILES string of the molecule is Fc1cc(C#CCOC2CCCCO2)ccc1COc1cccc(Cl)n1. The van der Waals surface area contributed by atoms with Gasteiger partial charge < -0.3 is 14.2 Å². The predicted molar refractivity (Wildman–Crippen MR) is 96.4 cm³/mol. The van der Waals surface area contributed by atoms with Crippen LogP contribution in [0.4, 0.5) is 4.39 Å². The van der Waals surface area contributed by atoms with Gasteiger partial charge in [0, 0.05) is 23.8 Å². The van der Waals surface area contributed by atoms with Crippen LogP contribution in [0.25, 0.3) is 0 Å². The zero-order valence-electron chi connectivity index (χ0n) is 14.2. The molecule has 3 rings (SSSR count). The number of pyridine rings is 1. The van der Waals surface area contributed by atoms with Crippen LogP contribution in [0.1, 0.15) is 30.4 Å². The molecule has 2 heterocycles. The summed E-state index contributed by atoms with van der Waals surface area (Å²) in [7, 11) is 0. The van der Waals surface area contributed by atoms with E-state index in [-0.39, 0.29) is 25.3 Å². The number of rotatable bonds is 5. The summed E-state index contributed by atoms with van der Waals surface area (Å²) in [5.41, 5.74) is 1.00. The molecule has 1 saturated heterocycles. The molecule has 1 atom stereocenters. The second-order valence-corrected chi connectivity index (χ2v) is 6.19. The number of hydrogen-bond donors (Lipinski definition) is 0. The van der Waals surface area contributed by atoms with E-state index in [1.807, 2.05) is 0 Å². The van der Waals surface area contributed by atoms with Crippen molar-refractivity contribution in [3.05, 3.63) is 58.5 Å². The van der Waals surface area contributed by atoms with Crippen LogP contribution in [-0.2, 0) is 16.1 Å². The Morgan fingerprint density at radius 1 is 1.27 bits per heavy atom. The molecule has 1 aliphatic heterocycles. The van der Waals surface area contributed by atoms with Gasteiger partial charge >= 0.3 is 0 Å². The predicted octanol–water partition coefficient (Wildman–Crippen LogP) is 4.35. The van der Waals surface area contributed by atoms with Crippen molar-refractivity contribution in [2.24, 2.45) is 0 Å². The Morgan fingerprint density at radius 3 is 2.96 bits per heavy atom. The average molecular weight is 376 g/mol. The molecule has 1 unspecified atom stereocenters. The van der Waals surface area contributed by atoms with Gasteiger partial charge in [-0.2, -0.15) is 0 Å². The van der Waals surface area contributed by atoms with Gasteiger partial charge in [-0.05, 0) is 37.5 Å². The van der Waals surface area contributed by atoms with Crippen LogP contribution in [0, 0.1) is 17.7 Å². The van der Waals surface area contributed by atoms with Gasteiger partial charge in [0.05, 0.1) is 0 Å². The standard InChI is InChI=1S/C20H19ClFNO3/c21-18-6-3-7-19(23-18)26-14-16-10-9-15(13-17(16)22)5-4-12-25-20-8-1-2-11-24-20/h3,6-7,9-10,13,20H,1-2,8,11-12,14H2. The van der Waals surface area contributed by atoms with Crippen LogP contribution >= 0.6 is 11.6 Å². The molecule has 1 fully saturated rings. The third kappa shape index (κ3) is 5.70. The van der Waals surface area contributed by atoms with E-state index < -0.39 is 0 Å². The first kappa shape index (κ1) is 18.7. The maximum atomic E-state index is 14.2. The van der Waals surface area contributed by atoms with E-state index in [1.165, 1.54) is 6.07 Å². The van der Waals surface area contributed by atoms with Crippen molar-refractivity contribution in [3.8, 4) is 17.7 Å². The lowest BCUT2D eigenvalue weighted by Crippen LogP contribution is -2.22. The van der Waals surface area contributed by atoms with Crippen molar-refractivity contribution >= 4 is 11.6 Å². The molecule has 0 bridgehead atoms. The molecule has 0 radical (unpaired) electrons. The quantitative estimate of drug-likeness (QED) is 0.575. The van der Waals surface area contributed by atoms with Gasteiger partial charge in [-0.3, -0.25) is 0 Å². The molecular formula is C20H19ClFNO3. The Bertz CT molecular complexity index is 797. The van der Waals surface area contributed by atoms with Crippen molar-refractivity contribution in [3.63, 3.8) is 0 Å². The molecule has 1 aromatic carbocycles. The highest BCUT2D eigenvalue weighted by Crippen LogP contribution is 2.16. The molecular weight excluding hydrogens is 357 g/mol. The Balaban J connectivity index is 1.51. The molecule has 0 N–H and O–H groups in total. The highest BCUT2D eigenvalue weighted by Gasteiger charge is 2.12. The van der Waals surface area contributed by atoms with Gasteiger partial charge in [0.15, 0.2) is 6.29 Å². The maximum Gasteiger partial charge on any atom is 0.214 e. The molecule has 136 valence electrons. The van der Waals surface area contributed by atoms with E-state index >= 15 is 0 Å². The van der Waals surface area contributed by atoms with Crippen LogP contribution in [0.15, 0.2) is 36.4 Å². The van der Waals surface area contributed by atoms with E-state index in [2.05, 4.69) is 16.8 Å². The number of aromatic nitrogens is 1. The summed E-state index contributed by atoms with van der Waals surface area (Å²) in [5.74, 6) is 5.75. The number of ether oxygens (including phenoxy) is 3. The van der Waals surface area contributed by atoms with Crippen molar-refractivity contribution in [2.45, 2.75) is 32.2 Å². The van der Waals surface area contributed by atoms with Gasteiger partial charge in [-0.25, -0.2) is 9.37 Å². The van der Waals surface area contributed by atoms with Crippen LogP contribution in [-0.4, -0.2) is 24.5 Å². The summed E-state index contributed by atoms with van der Waals surface area (Å²) in [4.78, 5) is 4.00. The second kappa shape index (κ2) is 9.54. The van der Waals surface area contributed by atoms with E-state index in [0.29, 0.717) is 22.2 Å². The zero-order chi connectivity index (χ0) is 18.2. The Morgan fingerprint density at radius 2 is 2.19 bits per heavy atom. The molecule has 0 spiro atoms. The van der Waals surface area contributed by atoms with Gasteiger partial charge in [0.1, 0.15) is 24.2 Å². The van der Waals surface area contributed by atoms with Gasteiger partial charge in [-0.1, -0.05) is 35.6 Å². The molecule has 0 amide bonds. The smallest absolute Gasteiger partial charge is 0.214 e. The fraction of sp³-hybridized carbons (Fsp3) is 0.350.